The Hall–Kier alpha value is -1.74. The zero-order valence-corrected chi connectivity index (χ0v) is 30.9. The van der Waals surface area contributed by atoms with Crippen LogP contribution in [0.2, 0.25) is 0 Å². The molecule has 5 fully saturated rings. The number of allylic oxidation sites excluding steroid dienone is 2. The Bertz CT molecular complexity index is 1390. The predicted octanol–water partition coefficient (Wildman–Crippen LogP) is 8.11. The number of ether oxygens (including phenoxy) is 1. The Balaban J connectivity index is 1.24. The van der Waals surface area contributed by atoms with Gasteiger partial charge in [0, 0.05) is 12.0 Å². The van der Waals surface area contributed by atoms with E-state index >= 15 is 0 Å². The fraction of sp³-hybridized carbons (Fsp3) is 0.811. The summed E-state index contributed by atoms with van der Waals surface area (Å²) in [7, 11) is 1.57. The van der Waals surface area contributed by atoms with E-state index in [9.17, 15) is 14.4 Å². The summed E-state index contributed by atoms with van der Waals surface area (Å²) in [5, 5.41) is 4.50. The Kier molecular flexibility index (Phi) is 8.47. The summed E-state index contributed by atoms with van der Waals surface area (Å²) < 4.78 is 6.06. The minimum atomic E-state index is -0.426. The standard InChI is InChI=1S/C37H54N2O5S2/c1-32(2)16-18-37(30(42)43-8)19-17-35(6)23(24(37)21-32)9-10-26-34(5)14-12-27(33(3,4)25(34)11-15-36(26,35)7)38-44-29(41)13-20-39-28(40)22-46-31(39)45/h9,24-26H,10-22H2,1-8H3/b38-27+/t24?,25?,26?,34-,35+,36+,37-/m1/s1. The minimum Gasteiger partial charge on any atom is -0.469 e. The van der Waals surface area contributed by atoms with Crippen LogP contribution in [-0.4, -0.2) is 52.2 Å². The van der Waals surface area contributed by atoms with Crippen molar-refractivity contribution in [2.45, 2.75) is 119 Å². The maximum Gasteiger partial charge on any atom is 0.336 e. The highest BCUT2D eigenvalue weighted by Crippen LogP contribution is 2.75. The third kappa shape index (κ3) is 4.97. The molecular formula is C37H54N2O5S2. The van der Waals surface area contributed by atoms with Crippen LogP contribution in [0.15, 0.2) is 16.8 Å². The third-order valence-corrected chi connectivity index (χ3v) is 16.1. The van der Waals surface area contributed by atoms with Crippen LogP contribution in [0.5, 0.6) is 0 Å². The number of oxime groups is 1. The molecule has 5 aliphatic carbocycles. The van der Waals surface area contributed by atoms with Crippen LogP contribution >= 0.6 is 24.0 Å². The normalized spacial score (nSPS) is 41.9. The molecule has 9 heteroatoms. The lowest BCUT2D eigenvalue weighted by Gasteiger charge is -2.70. The fourth-order valence-corrected chi connectivity index (χ4v) is 12.9. The van der Waals surface area contributed by atoms with Gasteiger partial charge in [0.15, 0.2) is 0 Å². The number of carbonyl (C=O) groups is 3. The Morgan fingerprint density at radius 2 is 1.74 bits per heavy atom. The van der Waals surface area contributed by atoms with Crippen molar-refractivity contribution in [1.29, 1.82) is 0 Å². The van der Waals surface area contributed by atoms with Crippen molar-refractivity contribution in [3.63, 3.8) is 0 Å². The van der Waals surface area contributed by atoms with Crippen molar-refractivity contribution in [2.24, 2.45) is 55.4 Å². The highest BCUT2D eigenvalue weighted by atomic mass is 32.2. The van der Waals surface area contributed by atoms with E-state index in [1.54, 1.807) is 12.7 Å². The van der Waals surface area contributed by atoms with E-state index in [-0.39, 0.29) is 63.2 Å². The van der Waals surface area contributed by atoms with Gasteiger partial charge < -0.3 is 9.57 Å². The van der Waals surface area contributed by atoms with Crippen molar-refractivity contribution >= 4 is 51.9 Å². The summed E-state index contributed by atoms with van der Waals surface area (Å²) >= 11 is 6.58. The molecule has 46 heavy (non-hydrogen) atoms. The topological polar surface area (TPSA) is 85.3 Å². The van der Waals surface area contributed by atoms with E-state index in [1.165, 1.54) is 16.7 Å². The van der Waals surface area contributed by atoms with Gasteiger partial charge in [-0.2, -0.15) is 0 Å². The van der Waals surface area contributed by atoms with Crippen molar-refractivity contribution < 1.29 is 24.0 Å². The van der Waals surface area contributed by atoms with Gasteiger partial charge in [0.05, 0.1) is 30.4 Å². The second-order valence-corrected chi connectivity index (χ2v) is 19.0. The lowest BCUT2D eigenvalue weighted by molar-refractivity contribution is -0.181. The van der Waals surface area contributed by atoms with Crippen LogP contribution in [0.4, 0.5) is 0 Å². The number of thiocarbonyl (C=S) groups is 1. The zero-order chi connectivity index (χ0) is 33.5. The molecule has 7 atom stereocenters. The molecule has 6 rings (SSSR count). The molecule has 254 valence electrons. The average molecular weight is 671 g/mol. The monoisotopic (exact) mass is 670 g/mol. The second kappa shape index (κ2) is 11.4. The zero-order valence-electron chi connectivity index (χ0n) is 29.3. The Morgan fingerprint density at radius 3 is 2.41 bits per heavy atom. The summed E-state index contributed by atoms with van der Waals surface area (Å²) in [6, 6.07) is 0. The van der Waals surface area contributed by atoms with Gasteiger partial charge in [0.2, 0.25) is 5.91 Å². The van der Waals surface area contributed by atoms with Crippen LogP contribution in [-0.2, 0) is 24.0 Å². The molecule has 3 unspecified atom stereocenters. The number of thioether (sulfide) groups is 1. The van der Waals surface area contributed by atoms with Crippen LogP contribution in [0.25, 0.3) is 0 Å². The van der Waals surface area contributed by atoms with Gasteiger partial charge in [-0.15, -0.1) is 0 Å². The largest absolute Gasteiger partial charge is 0.469 e. The van der Waals surface area contributed by atoms with E-state index in [1.807, 2.05) is 0 Å². The molecule has 0 N–H and O–H groups in total. The van der Waals surface area contributed by atoms with Gasteiger partial charge in [-0.05, 0) is 104 Å². The van der Waals surface area contributed by atoms with Gasteiger partial charge in [0.25, 0.3) is 0 Å². The Morgan fingerprint density at radius 1 is 1.02 bits per heavy atom. The molecule has 0 radical (unpaired) electrons. The highest BCUT2D eigenvalue weighted by molar-refractivity contribution is 8.23. The molecule has 0 bridgehead atoms. The van der Waals surface area contributed by atoms with Crippen molar-refractivity contribution in [2.75, 3.05) is 19.4 Å². The number of hydrogen-bond donors (Lipinski definition) is 0. The van der Waals surface area contributed by atoms with Crippen LogP contribution in [0.1, 0.15) is 119 Å². The first kappa shape index (κ1) is 34.1. The van der Waals surface area contributed by atoms with Crippen molar-refractivity contribution in [3.05, 3.63) is 11.6 Å². The van der Waals surface area contributed by atoms with Crippen LogP contribution < -0.4 is 0 Å². The number of nitrogens with zero attached hydrogens (tertiary/aromatic N) is 2. The molecule has 7 nitrogen and oxygen atoms in total. The SMILES string of the molecule is COC(=O)[C@@]12CCC(C)(C)CC1C1=CCC3[C@]4(C)CC/C(=N\OC(=O)CCN5C(=O)CSC5=S)C(C)(C)C4CC[C@]3(C)[C@@]1(C)CC2. The summed E-state index contributed by atoms with van der Waals surface area (Å²) in [4.78, 5) is 45.2. The summed E-state index contributed by atoms with van der Waals surface area (Å²) in [6.45, 7) is 17.2. The van der Waals surface area contributed by atoms with Crippen molar-refractivity contribution in [3.8, 4) is 0 Å². The lowest BCUT2D eigenvalue weighted by atomic mass is 9.33. The average Bonchev–Trinajstić information content (AvgIpc) is 3.31. The number of rotatable bonds is 5. The summed E-state index contributed by atoms with van der Waals surface area (Å²) in [5.41, 5.74) is 2.45. The van der Waals surface area contributed by atoms with Crippen molar-refractivity contribution in [1.82, 2.24) is 4.90 Å². The maximum absolute atomic E-state index is 13.5. The van der Waals surface area contributed by atoms with Gasteiger partial charge in [-0.3, -0.25) is 14.5 Å². The second-order valence-electron chi connectivity index (χ2n) is 17.4. The molecule has 1 heterocycles. The quantitative estimate of drug-likeness (QED) is 0.0961. The first-order valence-electron chi connectivity index (χ1n) is 17.5. The number of methoxy groups -OCH3 is 1. The summed E-state index contributed by atoms with van der Waals surface area (Å²) in [6.07, 6.45) is 12.8. The number of carbonyl (C=O) groups excluding carboxylic acids is 3. The van der Waals surface area contributed by atoms with E-state index in [4.69, 9.17) is 21.8 Å². The predicted molar refractivity (Wildman–Crippen MR) is 186 cm³/mol. The number of fused-ring (bicyclic) bond motifs is 7. The fourth-order valence-electron chi connectivity index (χ4n) is 11.7. The lowest BCUT2D eigenvalue weighted by Crippen LogP contribution is -2.64. The van der Waals surface area contributed by atoms with E-state index < -0.39 is 5.97 Å². The minimum absolute atomic E-state index is 0.00689. The molecule has 0 aromatic heterocycles. The maximum atomic E-state index is 13.5. The molecule has 4 saturated carbocycles. The van der Waals surface area contributed by atoms with E-state index in [2.05, 4.69) is 59.7 Å². The third-order valence-electron chi connectivity index (χ3n) is 14.6. The summed E-state index contributed by atoms with van der Waals surface area (Å²) in [5.74, 6) is 1.07. The molecule has 0 aromatic carbocycles. The Labute approximate surface area is 285 Å². The first-order valence-corrected chi connectivity index (χ1v) is 18.9. The van der Waals surface area contributed by atoms with Gasteiger partial charge in [-0.1, -0.05) is 89.3 Å². The molecule has 0 aromatic rings. The smallest absolute Gasteiger partial charge is 0.336 e. The number of hydrogen-bond acceptors (Lipinski definition) is 8. The van der Waals surface area contributed by atoms with Gasteiger partial charge >= 0.3 is 11.9 Å². The van der Waals surface area contributed by atoms with Gasteiger partial charge in [-0.25, -0.2) is 4.79 Å². The number of esters is 1. The van der Waals surface area contributed by atoms with E-state index in [0.29, 0.717) is 21.9 Å². The molecule has 6 aliphatic rings. The molecule has 1 aliphatic heterocycles. The first-order chi connectivity index (χ1) is 21.4. The number of amides is 1. The molecular weight excluding hydrogens is 617 g/mol. The van der Waals surface area contributed by atoms with Gasteiger partial charge in [0.1, 0.15) is 4.32 Å². The molecule has 0 spiro atoms. The van der Waals surface area contributed by atoms with E-state index in [0.717, 1.165) is 69.9 Å². The van der Waals surface area contributed by atoms with Crippen LogP contribution in [0, 0.1) is 50.2 Å². The molecule has 1 amide bonds. The molecule has 1 saturated heterocycles. The van der Waals surface area contributed by atoms with Crippen LogP contribution in [0.3, 0.4) is 0 Å². The highest BCUT2D eigenvalue weighted by Gasteiger charge is 2.69.